The van der Waals surface area contributed by atoms with Gasteiger partial charge in [-0.25, -0.2) is 0 Å². The fourth-order valence-corrected chi connectivity index (χ4v) is 0.846. The largest absolute Gasteiger partial charge is 0.366 e. The van der Waals surface area contributed by atoms with Crippen molar-refractivity contribution in [3.8, 4) is 0 Å². The van der Waals surface area contributed by atoms with Gasteiger partial charge in [-0.2, -0.15) is 0 Å². The Morgan fingerprint density at radius 1 is 1.55 bits per heavy atom. The van der Waals surface area contributed by atoms with Crippen LogP contribution >= 0.6 is 24.8 Å². The Morgan fingerprint density at radius 3 is 2.45 bits per heavy atom. The normalized spacial score (nSPS) is 15.5. The fourth-order valence-electron chi connectivity index (χ4n) is 0.846. The first-order valence-corrected chi connectivity index (χ1v) is 3.00. The molecular formula is C6H12Cl2N2O. The zero-order chi connectivity index (χ0) is 6.69. The van der Waals surface area contributed by atoms with Gasteiger partial charge in [-0.3, -0.25) is 4.79 Å². The molecule has 0 aromatic rings. The zero-order valence-electron chi connectivity index (χ0n) is 6.00. The van der Waals surface area contributed by atoms with Crippen LogP contribution in [0.4, 0.5) is 0 Å². The van der Waals surface area contributed by atoms with Gasteiger partial charge in [-0.05, 0) is 13.0 Å². The third-order valence-electron chi connectivity index (χ3n) is 1.38. The van der Waals surface area contributed by atoms with Gasteiger partial charge in [0.05, 0.1) is 0 Å². The van der Waals surface area contributed by atoms with E-state index in [9.17, 15) is 4.79 Å². The highest BCUT2D eigenvalue weighted by molar-refractivity contribution is 5.92. The minimum absolute atomic E-state index is 0. The predicted molar refractivity (Wildman–Crippen MR) is 49.3 cm³/mol. The highest BCUT2D eigenvalue weighted by Crippen LogP contribution is 2.01. The number of halogens is 2. The summed E-state index contributed by atoms with van der Waals surface area (Å²) in [5.41, 5.74) is 5.79. The lowest BCUT2D eigenvalue weighted by Crippen LogP contribution is -2.26. The van der Waals surface area contributed by atoms with Crippen LogP contribution < -0.4 is 11.1 Å². The molecule has 0 atom stereocenters. The molecule has 3 nitrogen and oxygen atoms in total. The SMILES string of the molecule is Cl.Cl.NC(=O)C1=CCNCC1. The number of carbonyl (C=O) groups excluding carboxylic acids is 1. The smallest absolute Gasteiger partial charge is 0.244 e. The van der Waals surface area contributed by atoms with Gasteiger partial charge in [0.15, 0.2) is 0 Å². The summed E-state index contributed by atoms with van der Waals surface area (Å²) in [6.45, 7) is 1.65. The van der Waals surface area contributed by atoms with Gasteiger partial charge < -0.3 is 11.1 Å². The molecule has 0 saturated carbocycles. The molecule has 0 bridgehead atoms. The molecule has 0 fully saturated rings. The van der Waals surface area contributed by atoms with E-state index < -0.39 is 0 Å². The van der Waals surface area contributed by atoms with E-state index in [1.165, 1.54) is 0 Å². The number of hydrogen-bond donors (Lipinski definition) is 2. The van der Waals surface area contributed by atoms with Crippen molar-refractivity contribution in [2.24, 2.45) is 5.73 Å². The summed E-state index contributed by atoms with van der Waals surface area (Å²) >= 11 is 0. The fraction of sp³-hybridized carbons (Fsp3) is 0.500. The second kappa shape index (κ2) is 6.46. The zero-order valence-corrected chi connectivity index (χ0v) is 7.63. The average molecular weight is 199 g/mol. The molecular weight excluding hydrogens is 187 g/mol. The lowest BCUT2D eigenvalue weighted by atomic mass is 10.1. The molecule has 0 aromatic heterocycles. The van der Waals surface area contributed by atoms with Gasteiger partial charge >= 0.3 is 0 Å². The Morgan fingerprint density at radius 2 is 2.18 bits per heavy atom. The minimum atomic E-state index is -0.281. The Balaban J connectivity index is 0. The predicted octanol–water partition coefficient (Wildman–Crippen LogP) is 0.235. The van der Waals surface area contributed by atoms with Crippen molar-refractivity contribution in [1.29, 1.82) is 0 Å². The van der Waals surface area contributed by atoms with E-state index in [0.29, 0.717) is 0 Å². The summed E-state index contributed by atoms with van der Waals surface area (Å²) in [5.74, 6) is -0.281. The number of nitrogens with one attached hydrogen (secondary N) is 1. The number of rotatable bonds is 1. The summed E-state index contributed by atoms with van der Waals surface area (Å²) < 4.78 is 0. The number of hydrogen-bond acceptors (Lipinski definition) is 2. The molecule has 0 aromatic carbocycles. The molecule has 66 valence electrons. The lowest BCUT2D eigenvalue weighted by Gasteiger charge is -2.09. The second-order valence-electron chi connectivity index (χ2n) is 2.05. The van der Waals surface area contributed by atoms with Crippen LogP contribution in [-0.4, -0.2) is 19.0 Å². The highest BCUT2D eigenvalue weighted by atomic mass is 35.5. The Labute approximate surface area is 78.2 Å². The molecule has 0 aliphatic carbocycles. The van der Waals surface area contributed by atoms with E-state index in [4.69, 9.17) is 5.73 Å². The summed E-state index contributed by atoms with van der Waals surface area (Å²) in [6.07, 6.45) is 2.61. The summed E-state index contributed by atoms with van der Waals surface area (Å²) in [7, 11) is 0. The van der Waals surface area contributed by atoms with Crippen LogP contribution in [0.1, 0.15) is 6.42 Å². The van der Waals surface area contributed by atoms with Crippen molar-refractivity contribution in [3.63, 3.8) is 0 Å². The monoisotopic (exact) mass is 198 g/mol. The second-order valence-corrected chi connectivity index (χ2v) is 2.05. The van der Waals surface area contributed by atoms with Crippen molar-refractivity contribution >= 4 is 30.7 Å². The van der Waals surface area contributed by atoms with Crippen molar-refractivity contribution in [2.75, 3.05) is 13.1 Å². The van der Waals surface area contributed by atoms with Gasteiger partial charge in [0.2, 0.25) is 5.91 Å². The molecule has 1 aliphatic rings. The van der Waals surface area contributed by atoms with E-state index in [-0.39, 0.29) is 30.7 Å². The van der Waals surface area contributed by atoms with Gasteiger partial charge in [0, 0.05) is 12.1 Å². The van der Waals surface area contributed by atoms with E-state index in [0.717, 1.165) is 25.1 Å². The summed E-state index contributed by atoms with van der Waals surface area (Å²) in [5, 5.41) is 3.09. The number of amides is 1. The molecule has 1 rings (SSSR count). The van der Waals surface area contributed by atoms with Crippen molar-refractivity contribution in [2.45, 2.75) is 6.42 Å². The number of nitrogens with two attached hydrogens (primary N) is 1. The summed E-state index contributed by atoms with van der Waals surface area (Å²) in [6, 6.07) is 0. The first-order chi connectivity index (χ1) is 4.30. The number of primary amides is 1. The number of carbonyl (C=O) groups is 1. The maximum absolute atomic E-state index is 10.5. The molecule has 5 heteroatoms. The van der Waals surface area contributed by atoms with Crippen LogP contribution in [0.5, 0.6) is 0 Å². The van der Waals surface area contributed by atoms with Crippen LogP contribution in [0.3, 0.4) is 0 Å². The maximum Gasteiger partial charge on any atom is 0.244 e. The van der Waals surface area contributed by atoms with Gasteiger partial charge in [-0.1, -0.05) is 6.08 Å². The van der Waals surface area contributed by atoms with Crippen molar-refractivity contribution in [1.82, 2.24) is 5.32 Å². The maximum atomic E-state index is 10.5. The Kier molecular flexibility index (Phi) is 7.84. The van der Waals surface area contributed by atoms with Crippen LogP contribution in [0.2, 0.25) is 0 Å². The summed E-state index contributed by atoms with van der Waals surface area (Å²) in [4.78, 5) is 10.5. The third-order valence-corrected chi connectivity index (χ3v) is 1.38. The molecule has 0 radical (unpaired) electrons. The van der Waals surface area contributed by atoms with Gasteiger partial charge in [0.25, 0.3) is 0 Å². The topological polar surface area (TPSA) is 55.1 Å². The first-order valence-electron chi connectivity index (χ1n) is 3.00. The first kappa shape index (κ1) is 13.3. The molecule has 1 aliphatic heterocycles. The van der Waals surface area contributed by atoms with Crippen LogP contribution in [-0.2, 0) is 4.79 Å². The molecule has 0 saturated heterocycles. The molecule has 11 heavy (non-hydrogen) atoms. The van der Waals surface area contributed by atoms with Crippen LogP contribution in [0.15, 0.2) is 11.6 Å². The molecule has 1 amide bonds. The standard InChI is InChI=1S/C6H10N2O.2ClH/c7-6(9)5-1-3-8-4-2-5;;/h1,8H,2-4H2,(H2,7,9);2*1H. The van der Waals surface area contributed by atoms with Crippen LogP contribution in [0, 0.1) is 0 Å². The third kappa shape index (κ3) is 4.24. The average Bonchev–Trinajstić information content (AvgIpc) is 1.90. The minimum Gasteiger partial charge on any atom is -0.366 e. The van der Waals surface area contributed by atoms with E-state index in [1.54, 1.807) is 0 Å². The quantitative estimate of drug-likeness (QED) is 0.635. The van der Waals surface area contributed by atoms with E-state index in [1.807, 2.05) is 6.08 Å². The lowest BCUT2D eigenvalue weighted by molar-refractivity contribution is -0.114. The van der Waals surface area contributed by atoms with Crippen molar-refractivity contribution < 1.29 is 4.79 Å². The molecule has 0 unspecified atom stereocenters. The Hall–Kier alpha value is -0.250. The highest BCUT2D eigenvalue weighted by Gasteiger charge is 2.06. The van der Waals surface area contributed by atoms with Crippen molar-refractivity contribution in [3.05, 3.63) is 11.6 Å². The van der Waals surface area contributed by atoms with E-state index >= 15 is 0 Å². The molecule has 1 heterocycles. The Bertz CT molecular complexity index is 159. The molecule has 0 spiro atoms. The molecule has 3 N–H and O–H groups in total. The van der Waals surface area contributed by atoms with Gasteiger partial charge in [0.1, 0.15) is 0 Å². The van der Waals surface area contributed by atoms with Crippen LogP contribution in [0.25, 0.3) is 0 Å². The van der Waals surface area contributed by atoms with E-state index in [2.05, 4.69) is 5.32 Å². The van der Waals surface area contributed by atoms with Gasteiger partial charge in [-0.15, -0.1) is 24.8 Å².